The van der Waals surface area contributed by atoms with Gasteiger partial charge in [0.1, 0.15) is 5.82 Å². The molecule has 0 radical (unpaired) electrons. The van der Waals surface area contributed by atoms with Crippen molar-refractivity contribution in [2.45, 2.75) is 20.4 Å². The Kier molecular flexibility index (Phi) is 2.14. The van der Waals surface area contributed by atoms with Crippen LogP contribution in [0.3, 0.4) is 0 Å². The molecule has 0 N–H and O–H groups in total. The zero-order valence-electron chi connectivity index (χ0n) is 9.20. The number of hydrogen-bond donors (Lipinski definition) is 0. The molecule has 4 heteroatoms. The molecule has 1 aliphatic rings. The molecule has 0 saturated heterocycles. The quantitative estimate of drug-likeness (QED) is 0.638. The Labute approximate surface area is 88.1 Å². The van der Waals surface area contributed by atoms with Crippen molar-refractivity contribution in [1.29, 1.82) is 0 Å². The fourth-order valence-corrected chi connectivity index (χ4v) is 2.16. The molecule has 0 spiro atoms. The molecule has 0 fully saturated rings. The lowest BCUT2D eigenvalue weighted by Gasteiger charge is -2.16. The zero-order valence-corrected chi connectivity index (χ0v) is 9.20. The summed E-state index contributed by atoms with van der Waals surface area (Å²) in [6.45, 7) is 4.81. The van der Waals surface area contributed by atoms with E-state index in [4.69, 9.17) is 0 Å². The maximum absolute atomic E-state index is 11.7. The molecule has 0 amide bonds. The Balaban J connectivity index is 2.81. The Bertz CT molecular complexity index is 488. The summed E-state index contributed by atoms with van der Waals surface area (Å²) in [6, 6.07) is 1.54. The summed E-state index contributed by atoms with van der Waals surface area (Å²) < 4.78 is 1.67. The van der Waals surface area contributed by atoms with E-state index in [1.54, 1.807) is 17.6 Å². The van der Waals surface area contributed by atoms with Crippen LogP contribution < -0.4 is 10.5 Å². The molecule has 2 heterocycles. The number of Topliss-reactive ketones (excluding diaryl/α,β-unsaturated/α-hetero) is 1. The van der Waals surface area contributed by atoms with Gasteiger partial charge in [0.2, 0.25) is 0 Å². The van der Waals surface area contributed by atoms with E-state index in [2.05, 4.69) is 0 Å². The number of anilines is 1. The Morgan fingerprint density at radius 1 is 1.40 bits per heavy atom. The maximum atomic E-state index is 11.7. The van der Waals surface area contributed by atoms with Crippen LogP contribution in [-0.4, -0.2) is 23.9 Å². The first-order chi connectivity index (χ1) is 7.02. The molecule has 4 nitrogen and oxygen atoms in total. The number of nitrogens with zero attached hydrogens (tertiary/aromatic N) is 2. The van der Waals surface area contributed by atoms with Crippen molar-refractivity contribution in [3.63, 3.8) is 0 Å². The Hall–Kier alpha value is -1.58. The topological polar surface area (TPSA) is 42.3 Å². The second-order valence-corrected chi connectivity index (χ2v) is 3.99. The summed E-state index contributed by atoms with van der Waals surface area (Å²) >= 11 is 0. The third kappa shape index (κ3) is 1.37. The van der Waals surface area contributed by atoms with Gasteiger partial charge in [0, 0.05) is 26.2 Å². The second kappa shape index (κ2) is 3.22. The molecule has 1 aromatic heterocycles. The minimum Gasteiger partial charge on any atom is -0.359 e. The number of rotatable bonds is 1. The zero-order chi connectivity index (χ0) is 11.2. The molecule has 0 aliphatic carbocycles. The molecular formula is C11H14N2O2. The van der Waals surface area contributed by atoms with Gasteiger partial charge in [-0.15, -0.1) is 0 Å². The molecular weight excluding hydrogens is 192 g/mol. The summed E-state index contributed by atoms with van der Waals surface area (Å²) in [4.78, 5) is 25.2. The molecule has 80 valence electrons. The minimum atomic E-state index is -0.0168. The standard InChI is InChI=1S/C11H14N2O2/c1-7-6-9(15)13-5-4-12(3)11(13)10(7)8(2)14/h6H,4-5H2,1-3H3. The summed E-state index contributed by atoms with van der Waals surface area (Å²) in [7, 11) is 1.91. The molecule has 15 heavy (non-hydrogen) atoms. The van der Waals surface area contributed by atoms with Gasteiger partial charge >= 0.3 is 0 Å². The summed E-state index contributed by atoms with van der Waals surface area (Å²) in [5.74, 6) is 0.789. The smallest absolute Gasteiger partial charge is 0.252 e. The van der Waals surface area contributed by atoms with Crippen molar-refractivity contribution in [1.82, 2.24) is 4.57 Å². The predicted molar refractivity (Wildman–Crippen MR) is 58.7 cm³/mol. The lowest BCUT2D eigenvalue weighted by molar-refractivity contribution is 0.101. The van der Waals surface area contributed by atoms with Crippen LogP contribution in [0.2, 0.25) is 0 Å². The van der Waals surface area contributed by atoms with Crippen molar-refractivity contribution in [2.75, 3.05) is 18.5 Å². The number of aryl methyl sites for hydroxylation is 1. The van der Waals surface area contributed by atoms with E-state index in [9.17, 15) is 9.59 Å². The van der Waals surface area contributed by atoms with Gasteiger partial charge in [0.15, 0.2) is 5.78 Å². The van der Waals surface area contributed by atoms with Gasteiger partial charge in [-0.05, 0) is 19.4 Å². The second-order valence-electron chi connectivity index (χ2n) is 3.99. The van der Waals surface area contributed by atoms with E-state index in [0.717, 1.165) is 17.9 Å². The molecule has 1 aromatic rings. The third-order valence-electron chi connectivity index (χ3n) is 2.85. The van der Waals surface area contributed by atoms with E-state index in [-0.39, 0.29) is 11.3 Å². The SMILES string of the molecule is CC(=O)c1c(C)cc(=O)n2c1N(C)CC2. The average molecular weight is 206 g/mol. The van der Waals surface area contributed by atoms with Crippen LogP contribution in [-0.2, 0) is 6.54 Å². The maximum Gasteiger partial charge on any atom is 0.252 e. The molecule has 1 aliphatic heterocycles. The van der Waals surface area contributed by atoms with Crippen molar-refractivity contribution in [2.24, 2.45) is 0 Å². The highest BCUT2D eigenvalue weighted by Gasteiger charge is 2.24. The van der Waals surface area contributed by atoms with Gasteiger partial charge in [-0.2, -0.15) is 0 Å². The molecule has 2 rings (SSSR count). The number of fused-ring (bicyclic) bond motifs is 1. The van der Waals surface area contributed by atoms with Crippen LogP contribution in [0.1, 0.15) is 22.8 Å². The van der Waals surface area contributed by atoms with Crippen LogP contribution in [0.5, 0.6) is 0 Å². The predicted octanol–water partition coefficient (Wildman–Crippen LogP) is 0.809. The molecule has 0 unspecified atom stereocenters. The van der Waals surface area contributed by atoms with Crippen LogP contribution in [0, 0.1) is 6.92 Å². The molecule has 0 atom stereocenters. The van der Waals surface area contributed by atoms with E-state index in [1.807, 2.05) is 18.9 Å². The van der Waals surface area contributed by atoms with Gasteiger partial charge in [-0.25, -0.2) is 0 Å². The summed E-state index contributed by atoms with van der Waals surface area (Å²) in [6.07, 6.45) is 0. The largest absolute Gasteiger partial charge is 0.359 e. The first kappa shape index (κ1) is 9.96. The summed E-state index contributed by atoms with van der Waals surface area (Å²) in [5.41, 5.74) is 1.43. The number of pyridine rings is 1. The number of likely N-dealkylation sites (N-methyl/N-ethyl adjacent to an activating group) is 1. The fraction of sp³-hybridized carbons (Fsp3) is 0.455. The van der Waals surface area contributed by atoms with Crippen molar-refractivity contribution in [3.8, 4) is 0 Å². The number of ketones is 1. The van der Waals surface area contributed by atoms with Crippen molar-refractivity contribution in [3.05, 3.63) is 27.5 Å². The minimum absolute atomic E-state index is 0.0168. The number of carbonyl (C=O) groups is 1. The van der Waals surface area contributed by atoms with E-state index >= 15 is 0 Å². The summed E-state index contributed by atoms with van der Waals surface area (Å²) in [5, 5.41) is 0. The molecule has 0 saturated carbocycles. The average Bonchev–Trinajstić information content (AvgIpc) is 2.48. The normalized spacial score (nSPS) is 14.2. The van der Waals surface area contributed by atoms with Crippen LogP contribution >= 0.6 is 0 Å². The van der Waals surface area contributed by atoms with Gasteiger partial charge in [0.05, 0.1) is 5.56 Å². The fourth-order valence-electron chi connectivity index (χ4n) is 2.16. The van der Waals surface area contributed by atoms with Crippen LogP contribution in [0.15, 0.2) is 10.9 Å². The van der Waals surface area contributed by atoms with E-state index in [0.29, 0.717) is 12.1 Å². The lowest BCUT2D eigenvalue weighted by Crippen LogP contribution is -2.22. The van der Waals surface area contributed by atoms with Crippen molar-refractivity contribution >= 4 is 11.6 Å². The first-order valence-corrected chi connectivity index (χ1v) is 4.99. The molecule has 0 bridgehead atoms. The molecule has 0 aromatic carbocycles. The van der Waals surface area contributed by atoms with Crippen LogP contribution in [0.25, 0.3) is 0 Å². The van der Waals surface area contributed by atoms with Gasteiger partial charge in [0.25, 0.3) is 5.56 Å². The highest BCUT2D eigenvalue weighted by atomic mass is 16.1. The monoisotopic (exact) mass is 206 g/mol. The number of carbonyl (C=O) groups excluding carboxylic acids is 1. The van der Waals surface area contributed by atoms with Crippen molar-refractivity contribution < 1.29 is 4.79 Å². The van der Waals surface area contributed by atoms with Gasteiger partial charge < -0.3 is 4.90 Å². The number of aromatic nitrogens is 1. The van der Waals surface area contributed by atoms with Gasteiger partial charge in [-0.1, -0.05) is 0 Å². The first-order valence-electron chi connectivity index (χ1n) is 4.99. The highest BCUT2D eigenvalue weighted by molar-refractivity contribution is 6.00. The Morgan fingerprint density at radius 2 is 2.07 bits per heavy atom. The Morgan fingerprint density at radius 3 is 2.67 bits per heavy atom. The third-order valence-corrected chi connectivity index (χ3v) is 2.85. The van der Waals surface area contributed by atoms with Crippen LogP contribution in [0.4, 0.5) is 5.82 Å². The van der Waals surface area contributed by atoms with E-state index in [1.165, 1.54) is 0 Å². The lowest BCUT2D eigenvalue weighted by atomic mass is 10.1. The number of hydrogen-bond acceptors (Lipinski definition) is 3. The van der Waals surface area contributed by atoms with Gasteiger partial charge in [-0.3, -0.25) is 14.2 Å². The van der Waals surface area contributed by atoms with E-state index < -0.39 is 0 Å². The highest BCUT2D eigenvalue weighted by Crippen LogP contribution is 2.25.